The average molecular weight is 508 g/mol. The first-order valence-electron chi connectivity index (χ1n) is 11.4. The summed E-state index contributed by atoms with van der Waals surface area (Å²) in [5.74, 6) is 0.982. The van der Waals surface area contributed by atoms with Crippen molar-refractivity contribution in [3.8, 4) is 11.8 Å². The molecular formula is C23H29N11O3. The van der Waals surface area contributed by atoms with Crippen molar-refractivity contribution in [2.45, 2.75) is 20.4 Å². The Bertz CT molecular complexity index is 1290. The number of phenols is 1. The summed E-state index contributed by atoms with van der Waals surface area (Å²) >= 11 is 0. The molecule has 0 aliphatic carbocycles. The van der Waals surface area contributed by atoms with Gasteiger partial charge in [0.1, 0.15) is 17.4 Å². The normalized spacial score (nSPS) is 10.8. The molecule has 0 aliphatic rings. The fourth-order valence-corrected chi connectivity index (χ4v) is 3.37. The first-order chi connectivity index (χ1) is 17.9. The van der Waals surface area contributed by atoms with E-state index in [0.717, 1.165) is 11.1 Å². The highest BCUT2D eigenvalue weighted by atomic mass is 16.5. The molecule has 0 aliphatic heterocycles. The topological polar surface area (TPSA) is 187 Å². The van der Waals surface area contributed by atoms with Crippen LogP contribution in [0.1, 0.15) is 16.7 Å². The Morgan fingerprint density at radius 3 is 2.68 bits per heavy atom. The van der Waals surface area contributed by atoms with Crippen LogP contribution in [0.15, 0.2) is 28.6 Å². The molecule has 14 nitrogen and oxygen atoms in total. The van der Waals surface area contributed by atoms with Gasteiger partial charge in [0.25, 0.3) is 0 Å². The average Bonchev–Trinajstić information content (AvgIpc) is 3.28. The molecule has 3 rings (SSSR count). The summed E-state index contributed by atoms with van der Waals surface area (Å²) in [6.07, 6.45) is 2.16. The Morgan fingerprint density at radius 2 is 2.00 bits per heavy atom. The van der Waals surface area contributed by atoms with E-state index in [-0.39, 0.29) is 34.6 Å². The Morgan fingerprint density at radius 1 is 1.22 bits per heavy atom. The Kier molecular flexibility index (Phi) is 9.28. The van der Waals surface area contributed by atoms with Gasteiger partial charge in [-0.2, -0.15) is 15.2 Å². The van der Waals surface area contributed by atoms with Crippen molar-refractivity contribution in [1.82, 2.24) is 25.1 Å². The second-order valence-electron chi connectivity index (χ2n) is 7.88. The van der Waals surface area contributed by atoms with Crippen LogP contribution in [-0.2, 0) is 16.1 Å². The van der Waals surface area contributed by atoms with E-state index in [1.807, 2.05) is 19.9 Å². The van der Waals surface area contributed by atoms with Gasteiger partial charge in [0.05, 0.1) is 18.8 Å². The highest BCUT2D eigenvalue weighted by Crippen LogP contribution is 2.38. The number of aromatic nitrogens is 4. The molecule has 0 bridgehead atoms. The lowest BCUT2D eigenvalue weighted by atomic mass is 10.1. The standard InChI is InChI=1S/C23H29N11O3/c1-14-9-15(2)18(17(36)10-14)28-22-19(21(27-6-5-26-13-35)29-23(25-3)30-22)31-32-20-16(11-24)12-34(33-20)7-8-37-4/h9-10,12-13,36H,5-8H2,1-4H3,(H,26,35)(H3,25,27,28,29,30). The van der Waals surface area contributed by atoms with E-state index in [2.05, 4.69) is 52.6 Å². The van der Waals surface area contributed by atoms with Crippen LogP contribution in [-0.4, -0.2) is 65.1 Å². The Labute approximate surface area is 213 Å². The van der Waals surface area contributed by atoms with Crippen molar-refractivity contribution in [3.63, 3.8) is 0 Å². The summed E-state index contributed by atoms with van der Waals surface area (Å²) in [6.45, 7) is 5.27. The number of amides is 1. The molecule has 0 unspecified atom stereocenters. The number of methoxy groups -OCH3 is 1. The Hall–Kier alpha value is -4.77. The zero-order chi connectivity index (χ0) is 26.8. The number of aryl methyl sites for hydroxylation is 2. The second kappa shape index (κ2) is 12.8. The molecule has 14 heteroatoms. The molecule has 0 saturated carbocycles. The number of rotatable bonds is 13. The predicted molar refractivity (Wildman–Crippen MR) is 138 cm³/mol. The fourth-order valence-electron chi connectivity index (χ4n) is 3.37. The van der Waals surface area contributed by atoms with Crippen molar-refractivity contribution in [2.75, 3.05) is 49.8 Å². The zero-order valence-corrected chi connectivity index (χ0v) is 21.0. The summed E-state index contributed by atoms with van der Waals surface area (Å²) in [4.78, 5) is 19.5. The largest absolute Gasteiger partial charge is 0.506 e. The third kappa shape index (κ3) is 6.89. The molecule has 1 amide bonds. The second-order valence-corrected chi connectivity index (χ2v) is 7.88. The first kappa shape index (κ1) is 26.8. The van der Waals surface area contributed by atoms with Crippen LogP contribution in [0, 0.1) is 25.2 Å². The number of carbonyl (C=O) groups excluding carboxylic acids is 1. The number of nitriles is 1. The van der Waals surface area contributed by atoms with Crippen LogP contribution >= 0.6 is 0 Å². The lowest BCUT2D eigenvalue weighted by Crippen LogP contribution is -2.21. The minimum absolute atomic E-state index is 0.0401. The molecule has 194 valence electrons. The number of hydrogen-bond acceptors (Lipinski definition) is 12. The van der Waals surface area contributed by atoms with Gasteiger partial charge in [-0.05, 0) is 31.0 Å². The number of nitrogens with one attached hydrogen (secondary N) is 4. The monoisotopic (exact) mass is 507 g/mol. The number of azo groups is 1. The molecule has 0 spiro atoms. The number of nitrogens with zero attached hydrogens (tertiary/aromatic N) is 7. The number of ether oxygens (including phenoxy) is 1. The number of carbonyl (C=O) groups is 1. The summed E-state index contributed by atoms with van der Waals surface area (Å²) < 4.78 is 6.61. The number of hydrogen-bond donors (Lipinski definition) is 5. The third-order valence-corrected chi connectivity index (χ3v) is 5.09. The molecule has 3 aromatic rings. The van der Waals surface area contributed by atoms with Gasteiger partial charge < -0.3 is 31.1 Å². The Balaban J connectivity index is 2.08. The highest BCUT2D eigenvalue weighted by molar-refractivity contribution is 5.81. The molecular weight excluding hydrogens is 478 g/mol. The zero-order valence-electron chi connectivity index (χ0n) is 21.0. The van der Waals surface area contributed by atoms with E-state index < -0.39 is 0 Å². The van der Waals surface area contributed by atoms with E-state index in [4.69, 9.17) is 4.74 Å². The minimum Gasteiger partial charge on any atom is -0.506 e. The lowest BCUT2D eigenvalue weighted by molar-refractivity contribution is -0.109. The molecule has 1 aromatic carbocycles. The number of phenolic OH excluding ortho intramolecular Hbond substituents is 1. The maximum atomic E-state index is 10.6. The van der Waals surface area contributed by atoms with E-state index in [9.17, 15) is 15.2 Å². The molecule has 0 atom stereocenters. The van der Waals surface area contributed by atoms with Gasteiger partial charge in [-0.1, -0.05) is 6.07 Å². The number of anilines is 4. The molecule has 0 radical (unpaired) electrons. The van der Waals surface area contributed by atoms with Crippen molar-refractivity contribution in [1.29, 1.82) is 5.26 Å². The van der Waals surface area contributed by atoms with Crippen LogP contribution in [0.4, 0.5) is 34.8 Å². The van der Waals surface area contributed by atoms with Crippen LogP contribution < -0.4 is 21.3 Å². The van der Waals surface area contributed by atoms with E-state index >= 15 is 0 Å². The highest BCUT2D eigenvalue weighted by Gasteiger charge is 2.18. The van der Waals surface area contributed by atoms with Crippen LogP contribution in [0.2, 0.25) is 0 Å². The maximum absolute atomic E-state index is 10.6. The number of aromatic hydroxyl groups is 1. The quantitative estimate of drug-likeness (QED) is 0.0996. The molecule has 5 N–H and O–H groups in total. The lowest BCUT2D eigenvalue weighted by Gasteiger charge is -2.16. The van der Waals surface area contributed by atoms with E-state index in [1.165, 1.54) is 0 Å². The van der Waals surface area contributed by atoms with Crippen molar-refractivity contribution in [2.24, 2.45) is 10.2 Å². The third-order valence-electron chi connectivity index (χ3n) is 5.09. The molecule has 0 fully saturated rings. The van der Waals surface area contributed by atoms with Gasteiger partial charge in [-0.25, -0.2) is 0 Å². The number of benzene rings is 1. The van der Waals surface area contributed by atoms with Gasteiger partial charge in [0, 0.05) is 33.4 Å². The van der Waals surface area contributed by atoms with Gasteiger partial charge in [0.15, 0.2) is 17.3 Å². The van der Waals surface area contributed by atoms with Crippen LogP contribution in [0.25, 0.3) is 0 Å². The molecule has 0 saturated heterocycles. The molecule has 37 heavy (non-hydrogen) atoms. The molecule has 2 aromatic heterocycles. The SMILES string of the molecule is CNc1nc(NCCNC=O)c(N=Nc2nn(CCOC)cc2C#N)c(Nc2c(C)cc(C)cc2O)n1. The van der Waals surface area contributed by atoms with Crippen molar-refractivity contribution >= 4 is 41.2 Å². The van der Waals surface area contributed by atoms with Gasteiger partial charge in [-0.3, -0.25) is 9.48 Å². The van der Waals surface area contributed by atoms with E-state index in [1.54, 1.807) is 31.1 Å². The van der Waals surface area contributed by atoms with Crippen molar-refractivity contribution in [3.05, 3.63) is 35.0 Å². The summed E-state index contributed by atoms with van der Waals surface area (Å²) in [7, 11) is 3.24. The summed E-state index contributed by atoms with van der Waals surface area (Å²) in [5, 5.41) is 44.7. The van der Waals surface area contributed by atoms with E-state index in [0.29, 0.717) is 44.2 Å². The minimum atomic E-state index is 0.0401. The summed E-state index contributed by atoms with van der Waals surface area (Å²) in [5.41, 5.74) is 2.58. The van der Waals surface area contributed by atoms with Gasteiger partial charge in [0.2, 0.25) is 18.2 Å². The molecule has 2 heterocycles. The van der Waals surface area contributed by atoms with Gasteiger partial charge in [-0.15, -0.1) is 15.3 Å². The maximum Gasteiger partial charge on any atom is 0.226 e. The first-order valence-corrected chi connectivity index (χ1v) is 11.4. The van der Waals surface area contributed by atoms with Crippen LogP contribution in [0.5, 0.6) is 5.75 Å². The van der Waals surface area contributed by atoms with Crippen LogP contribution in [0.3, 0.4) is 0 Å². The smallest absolute Gasteiger partial charge is 0.226 e. The summed E-state index contributed by atoms with van der Waals surface area (Å²) in [6, 6.07) is 5.61. The predicted octanol–water partition coefficient (Wildman–Crippen LogP) is 2.87. The van der Waals surface area contributed by atoms with Crippen molar-refractivity contribution < 1.29 is 14.6 Å². The fraction of sp³-hybridized carbons (Fsp3) is 0.348. The van der Waals surface area contributed by atoms with Gasteiger partial charge >= 0.3 is 0 Å².